The minimum Gasteiger partial charge on any atom is -0.369 e. The van der Waals surface area contributed by atoms with Crippen LogP contribution in [0, 0.1) is 0 Å². The van der Waals surface area contributed by atoms with Crippen LogP contribution in [-0.4, -0.2) is 24.1 Å². The second kappa shape index (κ2) is 8.37. The van der Waals surface area contributed by atoms with Crippen LogP contribution < -0.4 is 10.5 Å². The lowest BCUT2D eigenvalue weighted by atomic mass is 9.90. The normalized spacial score (nSPS) is 12.6. The standard InChI is InChI=1S/C20H22N4O3S/c1-24-14-18(13-22-24)28(26,27)23-12-16-8-5-9-17(10-16)19(20(21)25)11-15-6-3-2-4-7-15/h2-10,13-14,19,23H,11-12H2,1H3,(H2,21,25). The van der Waals surface area contributed by atoms with Crippen LogP contribution in [0.25, 0.3) is 0 Å². The molecule has 0 bridgehead atoms. The van der Waals surface area contributed by atoms with Gasteiger partial charge in [0.2, 0.25) is 15.9 Å². The predicted octanol–water partition coefficient (Wildman–Crippen LogP) is 1.71. The number of benzene rings is 2. The Bertz CT molecular complexity index is 1060. The number of hydrogen-bond donors (Lipinski definition) is 2. The van der Waals surface area contributed by atoms with Gasteiger partial charge in [-0.05, 0) is 23.1 Å². The van der Waals surface area contributed by atoms with Gasteiger partial charge in [-0.2, -0.15) is 5.10 Å². The molecule has 28 heavy (non-hydrogen) atoms. The van der Waals surface area contributed by atoms with Crippen LogP contribution in [0.2, 0.25) is 0 Å². The summed E-state index contributed by atoms with van der Waals surface area (Å²) in [7, 11) is -2.01. The lowest BCUT2D eigenvalue weighted by molar-refractivity contribution is -0.119. The van der Waals surface area contributed by atoms with Crippen molar-refractivity contribution in [2.45, 2.75) is 23.8 Å². The molecule has 0 aliphatic heterocycles. The topological polar surface area (TPSA) is 107 Å². The second-order valence-corrected chi connectivity index (χ2v) is 8.33. The van der Waals surface area contributed by atoms with E-state index in [1.807, 2.05) is 42.5 Å². The Labute approximate surface area is 164 Å². The number of nitrogens with one attached hydrogen (secondary N) is 1. The number of carbonyl (C=O) groups is 1. The van der Waals surface area contributed by atoms with Crippen LogP contribution in [0.4, 0.5) is 0 Å². The summed E-state index contributed by atoms with van der Waals surface area (Å²) < 4.78 is 28.7. The van der Waals surface area contributed by atoms with Crippen LogP contribution in [-0.2, 0) is 34.8 Å². The molecule has 2 aromatic carbocycles. The number of sulfonamides is 1. The van der Waals surface area contributed by atoms with E-state index in [9.17, 15) is 13.2 Å². The van der Waals surface area contributed by atoms with Gasteiger partial charge in [0, 0.05) is 19.8 Å². The number of nitrogens with zero attached hydrogens (tertiary/aromatic N) is 2. The van der Waals surface area contributed by atoms with Crippen molar-refractivity contribution >= 4 is 15.9 Å². The van der Waals surface area contributed by atoms with Crippen LogP contribution >= 0.6 is 0 Å². The van der Waals surface area contributed by atoms with Crippen molar-refractivity contribution in [3.05, 3.63) is 83.7 Å². The van der Waals surface area contributed by atoms with Gasteiger partial charge in [-0.25, -0.2) is 13.1 Å². The SMILES string of the molecule is Cn1cc(S(=O)(=O)NCc2cccc(C(Cc3ccccc3)C(N)=O)c2)cn1. The molecule has 0 spiro atoms. The minimum atomic E-state index is -3.66. The Morgan fingerprint density at radius 2 is 1.86 bits per heavy atom. The number of nitrogens with two attached hydrogens (primary N) is 1. The highest BCUT2D eigenvalue weighted by Gasteiger charge is 2.20. The molecule has 0 radical (unpaired) electrons. The summed E-state index contributed by atoms with van der Waals surface area (Å²) >= 11 is 0. The van der Waals surface area contributed by atoms with Crippen molar-refractivity contribution in [2.24, 2.45) is 12.8 Å². The highest BCUT2D eigenvalue weighted by atomic mass is 32.2. The van der Waals surface area contributed by atoms with Crippen LogP contribution in [0.15, 0.2) is 71.9 Å². The third kappa shape index (κ3) is 4.85. The number of aryl methyl sites for hydroxylation is 1. The molecular formula is C20H22N4O3S. The van der Waals surface area contributed by atoms with E-state index in [-0.39, 0.29) is 11.4 Å². The number of carbonyl (C=O) groups excluding carboxylic acids is 1. The van der Waals surface area contributed by atoms with Gasteiger partial charge in [0.25, 0.3) is 0 Å². The molecule has 7 nitrogen and oxygen atoms in total. The van der Waals surface area contributed by atoms with E-state index >= 15 is 0 Å². The molecule has 3 aromatic rings. The fourth-order valence-corrected chi connectivity index (χ4v) is 3.95. The molecule has 3 N–H and O–H groups in total. The molecule has 0 saturated heterocycles. The van der Waals surface area contributed by atoms with Gasteiger partial charge in [-0.15, -0.1) is 0 Å². The number of aromatic nitrogens is 2. The molecular weight excluding hydrogens is 376 g/mol. The average Bonchev–Trinajstić information content (AvgIpc) is 3.13. The largest absolute Gasteiger partial charge is 0.369 e. The van der Waals surface area contributed by atoms with Gasteiger partial charge >= 0.3 is 0 Å². The fraction of sp³-hybridized carbons (Fsp3) is 0.200. The van der Waals surface area contributed by atoms with E-state index < -0.39 is 21.8 Å². The third-order valence-corrected chi connectivity index (χ3v) is 5.79. The summed E-state index contributed by atoms with van der Waals surface area (Å²) in [6, 6.07) is 16.9. The second-order valence-electron chi connectivity index (χ2n) is 6.56. The zero-order valence-corrected chi connectivity index (χ0v) is 16.3. The lowest BCUT2D eigenvalue weighted by Gasteiger charge is -2.15. The number of primary amides is 1. The summed E-state index contributed by atoms with van der Waals surface area (Å²) in [5.41, 5.74) is 8.14. The summed E-state index contributed by atoms with van der Waals surface area (Å²) in [5, 5.41) is 3.88. The summed E-state index contributed by atoms with van der Waals surface area (Å²) in [4.78, 5) is 12.1. The Morgan fingerprint density at radius 1 is 1.14 bits per heavy atom. The zero-order chi connectivity index (χ0) is 20.1. The summed E-state index contributed by atoms with van der Waals surface area (Å²) in [6.45, 7) is 0.0991. The van der Waals surface area contributed by atoms with E-state index in [0.717, 1.165) is 16.7 Å². The number of hydrogen-bond acceptors (Lipinski definition) is 4. The minimum absolute atomic E-state index is 0.0991. The van der Waals surface area contributed by atoms with Crippen LogP contribution in [0.5, 0.6) is 0 Å². The molecule has 3 rings (SSSR count). The first-order valence-corrected chi connectivity index (χ1v) is 10.2. The van der Waals surface area contributed by atoms with E-state index in [0.29, 0.717) is 6.42 Å². The molecule has 0 aliphatic carbocycles. The van der Waals surface area contributed by atoms with Gasteiger partial charge < -0.3 is 5.73 Å². The smallest absolute Gasteiger partial charge is 0.243 e. The van der Waals surface area contributed by atoms with Crippen LogP contribution in [0.1, 0.15) is 22.6 Å². The third-order valence-electron chi connectivity index (χ3n) is 4.44. The van der Waals surface area contributed by atoms with Crippen molar-refractivity contribution in [1.82, 2.24) is 14.5 Å². The Kier molecular flexibility index (Phi) is 5.91. The molecule has 1 unspecified atom stereocenters. The van der Waals surface area contributed by atoms with E-state index in [2.05, 4.69) is 9.82 Å². The van der Waals surface area contributed by atoms with Crippen molar-refractivity contribution in [1.29, 1.82) is 0 Å². The molecule has 0 fully saturated rings. The van der Waals surface area contributed by atoms with Gasteiger partial charge in [0.05, 0.1) is 12.1 Å². The zero-order valence-electron chi connectivity index (χ0n) is 15.4. The monoisotopic (exact) mass is 398 g/mol. The summed E-state index contributed by atoms with van der Waals surface area (Å²) in [5.74, 6) is -0.908. The lowest BCUT2D eigenvalue weighted by Crippen LogP contribution is -2.24. The highest BCUT2D eigenvalue weighted by molar-refractivity contribution is 7.89. The Hall–Kier alpha value is -2.97. The predicted molar refractivity (Wildman–Crippen MR) is 106 cm³/mol. The van der Waals surface area contributed by atoms with E-state index in [1.54, 1.807) is 19.2 Å². The van der Waals surface area contributed by atoms with Crippen LogP contribution in [0.3, 0.4) is 0 Å². The maximum absolute atomic E-state index is 12.3. The molecule has 0 aliphatic rings. The first-order valence-electron chi connectivity index (χ1n) is 8.75. The highest BCUT2D eigenvalue weighted by Crippen LogP contribution is 2.22. The number of amides is 1. The van der Waals surface area contributed by atoms with Crippen molar-refractivity contribution in [3.63, 3.8) is 0 Å². The van der Waals surface area contributed by atoms with Gasteiger partial charge in [-0.3, -0.25) is 9.48 Å². The fourth-order valence-electron chi connectivity index (χ4n) is 2.95. The molecule has 146 valence electrons. The average molecular weight is 398 g/mol. The quantitative estimate of drug-likeness (QED) is 0.602. The van der Waals surface area contributed by atoms with Gasteiger partial charge in [-0.1, -0.05) is 54.6 Å². The first kappa shape index (κ1) is 19.8. The number of rotatable bonds is 8. The molecule has 1 atom stereocenters. The molecule has 1 aromatic heterocycles. The first-order chi connectivity index (χ1) is 13.3. The Balaban J connectivity index is 1.76. The molecule has 1 heterocycles. The maximum Gasteiger partial charge on any atom is 0.243 e. The maximum atomic E-state index is 12.3. The van der Waals surface area contributed by atoms with Gasteiger partial charge in [0.1, 0.15) is 4.90 Å². The Morgan fingerprint density at radius 3 is 2.50 bits per heavy atom. The van der Waals surface area contributed by atoms with Crippen molar-refractivity contribution < 1.29 is 13.2 Å². The van der Waals surface area contributed by atoms with Crippen molar-refractivity contribution in [2.75, 3.05) is 0 Å². The molecule has 8 heteroatoms. The van der Waals surface area contributed by atoms with Gasteiger partial charge in [0.15, 0.2) is 0 Å². The summed E-state index contributed by atoms with van der Waals surface area (Å²) in [6.07, 6.45) is 3.21. The van der Waals surface area contributed by atoms with Crippen molar-refractivity contribution in [3.8, 4) is 0 Å². The molecule has 0 saturated carbocycles. The van der Waals surface area contributed by atoms with E-state index in [4.69, 9.17) is 5.73 Å². The van der Waals surface area contributed by atoms with E-state index in [1.165, 1.54) is 17.1 Å². The molecule has 1 amide bonds.